The summed E-state index contributed by atoms with van der Waals surface area (Å²) in [6.45, 7) is 0. The van der Waals surface area contributed by atoms with Gasteiger partial charge < -0.3 is 0 Å². The van der Waals surface area contributed by atoms with E-state index < -0.39 is 5.95 Å². The molecule has 4 heteroatoms. The highest BCUT2D eigenvalue weighted by Gasteiger charge is 1.95. The first kappa shape index (κ1) is 6.96. The quantitative estimate of drug-likeness (QED) is 0.600. The van der Waals surface area contributed by atoms with E-state index in [0.29, 0.717) is 9.63 Å². The van der Waals surface area contributed by atoms with Crippen LogP contribution in [0.4, 0.5) is 4.39 Å². The minimum absolute atomic E-state index is 0.342. The van der Waals surface area contributed by atoms with Crippen LogP contribution in [-0.4, -0.2) is 4.98 Å². The molecule has 0 atom stereocenters. The topological polar surface area (TPSA) is 12.9 Å². The van der Waals surface area contributed by atoms with Gasteiger partial charge in [-0.1, -0.05) is 11.6 Å². The van der Waals surface area contributed by atoms with Crippen molar-refractivity contribution in [3.8, 4) is 0 Å². The third-order valence-electron chi connectivity index (χ3n) is 0.728. The summed E-state index contributed by atoms with van der Waals surface area (Å²) < 4.78 is 12.6. The Morgan fingerprint density at radius 1 is 1.56 bits per heavy atom. The molecule has 48 valence electrons. The minimum Gasteiger partial charge on any atom is -0.213 e. The third-order valence-corrected chi connectivity index (χ3v) is 1.35. The third kappa shape index (κ3) is 1.91. The van der Waals surface area contributed by atoms with Gasteiger partial charge in [-0.25, -0.2) is 4.98 Å². The first-order chi connectivity index (χ1) is 4.18. The maximum absolute atomic E-state index is 12.2. The van der Waals surface area contributed by atoms with E-state index in [2.05, 4.69) is 20.9 Å². The molecule has 0 bridgehead atoms. The normalized spacial score (nSPS) is 9.67. The van der Waals surface area contributed by atoms with E-state index in [1.165, 1.54) is 6.07 Å². The van der Waals surface area contributed by atoms with Gasteiger partial charge in [0.2, 0.25) is 5.95 Å². The van der Waals surface area contributed by atoms with Crippen LogP contribution in [0.15, 0.2) is 16.7 Å². The SMILES string of the molecule is Fc1cc(Cl)cc(Br)n1. The molecule has 9 heavy (non-hydrogen) atoms. The van der Waals surface area contributed by atoms with Gasteiger partial charge in [-0.3, -0.25) is 0 Å². The second-order valence-electron chi connectivity index (χ2n) is 1.43. The highest BCUT2D eigenvalue weighted by Crippen LogP contribution is 2.14. The molecular formula is C5H2BrClFN. The molecule has 0 aliphatic heterocycles. The van der Waals surface area contributed by atoms with Crippen molar-refractivity contribution in [1.29, 1.82) is 0 Å². The average molecular weight is 210 g/mol. The highest BCUT2D eigenvalue weighted by molar-refractivity contribution is 9.10. The van der Waals surface area contributed by atoms with Crippen molar-refractivity contribution in [2.24, 2.45) is 0 Å². The Hall–Kier alpha value is -0.150. The molecule has 0 aromatic carbocycles. The van der Waals surface area contributed by atoms with Crippen LogP contribution in [0.5, 0.6) is 0 Å². The van der Waals surface area contributed by atoms with Gasteiger partial charge in [0.25, 0.3) is 0 Å². The van der Waals surface area contributed by atoms with Crippen LogP contribution in [-0.2, 0) is 0 Å². The van der Waals surface area contributed by atoms with Gasteiger partial charge in [0.15, 0.2) is 0 Å². The Morgan fingerprint density at radius 2 is 2.22 bits per heavy atom. The molecule has 1 heterocycles. The predicted molar refractivity (Wildman–Crippen MR) is 36.9 cm³/mol. The van der Waals surface area contributed by atoms with Crippen LogP contribution < -0.4 is 0 Å². The summed E-state index contributed by atoms with van der Waals surface area (Å²) in [5, 5.41) is 0.342. The molecule has 0 aliphatic rings. The van der Waals surface area contributed by atoms with Gasteiger partial charge in [0.05, 0.1) is 0 Å². The molecule has 0 saturated carbocycles. The molecular weight excluding hydrogens is 208 g/mol. The van der Waals surface area contributed by atoms with Crippen molar-refractivity contribution < 1.29 is 4.39 Å². The average Bonchev–Trinajstić information content (AvgIpc) is 1.59. The zero-order valence-corrected chi connectivity index (χ0v) is 6.58. The lowest BCUT2D eigenvalue weighted by atomic mass is 10.5. The Kier molecular flexibility index (Phi) is 2.03. The summed E-state index contributed by atoms with van der Waals surface area (Å²) in [6, 6.07) is 2.66. The van der Waals surface area contributed by atoms with Crippen molar-refractivity contribution in [2.75, 3.05) is 0 Å². The van der Waals surface area contributed by atoms with Crippen molar-refractivity contribution in [2.45, 2.75) is 0 Å². The number of hydrogen-bond donors (Lipinski definition) is 0. The number of hydrogen-bond acceptors (Lipinski definition) is 1. The summed E-state index contributed by atoms with van der Waals surface area (Å²) in [6.07, 6.45) is 0. The lowest BCUT2D eigenvalue weighted by molar-refractivity contribution is 0.581. The van der Waals surface area contributed by atoms with Crippen LogP contribution >= 0.6 is 27.5 Å². The zero-order chi connectivity index (χ0) is 6.85. The molecule has 0 amide bonds. The van der Waals surface area contributed by atoms with Crippen molar-refractivity contribution >= 4 is 27.5 Å². The minimum atomic E-state index is -0.575. The van der Waals surface area contributed by atoms with E-state index in [9.17, 15) is 4.39 Å². The maximum atomic E-state index is 12.2. The van der Waals surface area contributed by atoms with E-state index in [1.54, 1.807) is 0 Å². The molecule has 1 rings (SSSR count). The summed E-state index contributed by atoms with van der Waals surface area (Å²) in [7, 11) is 0. The van der Waals surface area contributed by atoms with Gasteiger partial charge >= 0.3 is 0 Å². The van der Waals surface area contributed by atoms with E-state index >= 15 is 0 Å². The molecule has 0 aliphatic carbocycles. The number of pyridine rings is 1. The molecule has 1 aromatic heterocycles. The van der Waals surface area contributed by atoms with Crippen molar-refractivity contribution in [3.63, 3.8) is 0 Å². The first-order valence-corrected chi connectivity index (χ1v) is 3.34. The van der Waals surface area contributed by atoms with E-state index in [-0.39, 0.29) is 0 Å². The second kappa shape index (κ2) is 2.62. The molecule has 0 spiro atoms. The van der Waals surface area contributed by atoms with Crippen LogP contribution in [0, 0.1) is 5.95 Å². The van der Waals surface area contributed by atoms with E-state index in [4.69, 9.17) is 11.6 Å². The Balaban J connectivity index is 3.17. The Morgan fingerprint density at radius 3 is 2.67 bits per heavy atom. The summed E-state index contributed by atoms with van der Waals surface area (Å²) in [5.41, 5.74) is 0. The van der Waals surface area contributed by atoms with Gasteiger partial charge in [0.1, 0.15) is 4.60 Å². The van der Waals surface area contributed by atoms with Gasteiger partial charge in [-0.05, 0) is 22.0 Å². The molecule has 0 fully saturated rings. The summed E-state index contributed by atoms with van der Waals surface area (Å²) in [5.74, 6) is -0.575. The molecule has 0 saturated heterocycles. The fourth-order valence-corrected chi connectivity index (χ4v) is 1.18. The Labute approximate surface area is 65.0 Å². The lowest BCUT2D eigenvalue weighted by Crippen LogP contribution is -1.80. The molecule has 1 nitrogen and oxygen atoms in total. The first-order valence-electron chi connectivity index (χ1n) is 2.17. The van der Waals surface area contributed by atoms with Crippen molar-refractivity contribution in [1.82, 2.24) is 4.98 Å². The van der Waals surface area contributed by atoms with Crippen LogP contribution in [0.2, 0.25) is 5.02 Å². The van der Waals surface area contributed by atoms with Crippen LogP contribution in [0.25, 0.3) is 0 Å². The van der Waals surface area contributed by atoms with Gasteiger partial charge in [0, 0.05) is 11.1 Å². The molecule has 0 N–H and O–H groups in total. The summed E-state index contributed by atoms with van der Waals surface area (Å²) >= 11 is 8.42. The lowest BCUT2D eigenvalue weighted by Gasteiger charge is -1.90. The second-order valence-corrected chi connectivity index (χ2v) is 2.68. The predicted octanol–water partition coefficient (Wildman–Crippen LogP) is 2.64. The number of halogens is 3. The fourth-order valence-electron chi connectivity index (χ4n) is 0.436. The van der Waals surface area contributed by atoms with E-state index in [1.807, 2.05) is 0 Å². The zero-order valence-electron chi connectivity index (χ0n) is 4.24. The van der Waals surface area contributed by atoms with Crippen LogP contribution in [0.1, 0.15) is 0 Å². The van der Waals surface area contributed by atoms with Crippen LogP contribution in [0.3, 0.4) is 0 Å². The Bertz CT molecular complexity index is 178. The standard InChI is InChI=1S/C5H2BrClFN/c6-4-1-3(7)2-5(8)9-4/h1-2H. The van der Waals surface area contributed by atoms with E-state index in [0.717, 1.165) is 6.07 Å². The largest absolute Gasteiger partial charge is 0.215 e. The monoisotopic (exact) mass is 209 g/mol. The summed E-state index contributed by atoms with van der Waals surface area (Å²) in [4.78, 5) is 3.40. The smallest absolute Gasteiger partial charge is 0.213 e. The fraction of sp³-hybridized carbons (Fsp3) is 0. The number of aromatic nitrogens is 1. The van der Waals surface area contributed by atoms with Crippen molar-refractivity contribution in [3.05, 3.63) is 27.7 Å². The molecule has 1 aromatic rings. The van der Waals surface area contributed by atoms with Gasteiger partial charge in [-0.15, -0.1) is 0 Å². The number of nitrogens with zero attached hydrogens (tertiary/aromatic N) is 1. The molecule has 0 radical (unpaired) electrons. The number of rotatable bonds is 0. The van der Waals surface area contributed by atoms with Gasteiger partial charge in [-0.2, -0.15) is 4.39 Å². The molecule has 0 unspecified atom stereocenters. The highest BCUT2D eigenvalue weighted by atomic mass is 79.9. The maximum Gasteiger partial charge on any atom is 0.215 e.